The normalized spacial score (nSPS) is 38.2. The van der Waals surface area contributed by atoms with E-state index in [2.05, 4.69) is 35.5 Å². The van der Waals surface area contributed by atoms with Crippen molar-refractivity contribution in [2.75, 3.05) is 0 Å². The van der Waals surface area contributed by atoms with Crippen LogP contribution < -0.4 is 0 Å². The average Bonchev–Trinajstić information content (AvgIpc) is 1.83. The molecular formula is C11H23B. The van der Waals surface area contributed by atoms with Crippen LogP contribution in [0.1, 0.15) is 53.4 Å². The fourth-order valence-electron chi connectivity index (χ4n) is 2.27. The minimum Gasteiger partial charge on any atom is -0.0669 e. The van der Waals surface area contributed by atoms with Crippen molar-refractivity contribution < 1.29 is 0 Å². The second-order valence-corrected chi connectivity index (χ2v) is 6.30. The Morgan fingerprint density at radius 2 is 1.58 bits per heavy atom. The molecule has 1 rings (SSSR count). The Morgan fingerprint density at radius 1 is 1.17 bits per heavy atom. The van der Waals surface area contributed by atoms with Crippen molar-refractivity contribution in [1.29, 1.82) is 0 Å². The topological polar surface area (TPSA) is 0 Å². The predicted molar refractivity (Wildman–Crippen MR) is 58.3 cm³/mol. The van der Waals surface area contributed by atoms with Crippen molar-refractivity contribution in [3.63, 3.8) is 0 Å². The van der Waals surface area contributed by atoms with Gasteiger partial charge in [0.1, 0.15) is 7.85 Å². The molecule has 0 amide bonds. The van der Waals surface area contributed by atoms with E-state index in [-0.39, 0.29) is 0 Å². The molecule has 0 nitrogen and oxygen atoms in total. The maximum absolute atomic E-state index is 2.41. The molecule has 1 aliphatic rings. The lowest BCUT2D eigenvalue weighted by Crippen LogP contribution is -2.27. The van der Waals surface area contributed by atoms with Gasteiger partial charge >= 0.3 is 0 Å². The van der Waals surface area contributed by atoms with Crippen LogP contribution in [0.5, 0.6) is 0 Å². The molecule has 0 atom stereocenters. The van der Waals surface area contributed by atoms with Gasteiger partial charge in [-0.2, -0.15) is 0 Å². The van der Waals surface area contributed by atoms with E-state index in [0.717, 1.165) is 5.92 Å². The Morgan fingerprint density at radius 3 is 1.92 bits per heavy atom. The molecule has 0 spiro atoms. The number of rotatable bonds is 0. The summed E-state index contributed by atoms with van der Waals surface area (Å²) in [5, 5.41) is 0.627. The average molecular weight is 166 g/mol. The first-order valence-corrected chi connectivity index (χ1v) is 5.31. The second-order valence-electron chi connectivity index (χ2n) is 6.30. The zero-order valence-corrected chi connectivity index (χ0v) is 9.41. The Bertz CT molecular complexity index is 143. The molecule has 0 unspecified atom stereocenters. The van der Waals surface area contributed by atoms with Crippen LogP contribution in [0.25, 0.3) is 0 Å². The molecule has 0 aliphatic heterocycles. The smallest absolute Gasteiger partial charge is 0.0669 e. The van der Waals surface area contributed by atoms with Gasteiger partial charge < -0.3 is 0 Å². The van der Waals surface area contributed by atoms with Crippen LogP contribution in [0.15, 0.2) is 0 Å². The summed E-state index contributed by atoms with van der Waals surface area (Å²) in [6, 6.07) is 0. The van der Waals surface area contributed by atoms with Gasteiger partial charge in [0.15, 0.2) is 0 Å². The van der Waals surface area contributed by atoms with Gasteiger partial charge in [-0.05, 0) is 11.3 Å². The minimum atomic E-state index is 0.538. The molecular weight excluding hydrogens is 143 g/mol. The molecule has 0 aromatic rings. The molecule has 0 radical (unpaired) electrons. The molecule has 0 saturated heterocycles. The molecule has 1 heteroatoms. The van der Waals surface area contributed by atoms with Gasteiger partial charge in [0.25, 0.3) is 0 Å². The highest BCUT2D eigenvalue weighted by Crippen LogP contribution is 2.46. The van der Waals surface area contributed by atoms with E-state index < -0.39 is 0 Å². The summed E-state index contributed by atoms with van der Waals surface area (Å²) >= 11 is 0. The molecule has 1 saturated carbocycles. The highest BCUT2D eigenvalue weighted by molar-refractivity contribution is 6.14. The molecule has 0 aromatic heterocycles. The monoisotopic (exact) mass is 166 g/mol. The molecule has 1 fully saturated rings. The Kier molecular flexibility index (Phi) is 2.61. The number of hydrogen-bond acceptors (Lipinski definition) is 0. The van der Waals surface area contributed by atoms with Gasteiger partial charge in [0, 0.05) is 0 Å². The summed E-state index contributed by atoms with van der Waals surface area (Å²) in [5.74, 6) is 0.963. The molecule has 70 valence electrons. The first-order chi connectivity index (χ1) is 5.31. The van der Waals surface area contributed by atoms with Gasteiger partial charge in [-0.1, -0.05) is 58.7 Å². The van der Waals surface area contributed by atoms with Gasteiger partial charge in [0.05, 0.1) is 0 Å². The lowest BCUT2D eigenvalue weighted by atomic mass is 9.57. The maximum Gasteiger partial charge on any atom is 0.109 e. The van der Waals surface area contributed by atoms with Gasteiger partial charge in [-0.25, -0.2) is 0 Å². The van der Waals surface area contributed by atoms with E-state index in [1.807, 2.05) is 0 Å². The van der Waals surface area contributed by atoms with E-state index in [1.54, 1.807) is 0 Å². The standard InChI is InChI=1S/C11H23B/c1-10(2,3)9-5-7-11(4,12)8-6-9/h9H,5-8,12H2,1-4H3. The van der Waals surface area contributed by atoms with Crippen molar-refractivity contribution in [1.82, 2.24) is 0 Å². The molecule has 0 heterocycles. The summed E-state index contributed by atoms with van der Waals surface area (Å²) in [4.78, 5) is 0. The van der Waals surface area contributed by atoms with Gasteiger partial charge in [-0.15, -0.1) is 0 Å². The largest absolute Gasteiger partial charge is 0.109 e. The highest BCUT2D eigenvalue weighted by Gasteiger charge is 2.32. The Hall–Kier alpha value is 0.0649. The SMILES string of the molecule is BC1(C)CCC(C(C)(C)C)CC1. The Labute approximate surface area is 78.5 Å². The Balaban J connectivity index is 2.47. The fourth-order valence-corrected chi connectivity index (χ4v) is 2.27. The van der Waals surface area contributed by atoms with E-state index in [4.69, 9.17) is 0 Å². The van der Waals surface area contributed by atoms with Crippen LogP contribution in [0.4, 0.5) is 0 Å². The molecule has 0 bridgehead atoms. The minimum absolute atomic E-state index is 0.538. The summed E-state index contributed by atoms with van der Waals surface area (Å²) in [6.07, 6.45) is 5.73. The predicted octanol–water partition coefficient (Wildman–Crippen LogP) is 3.03. The van der Waals surface area contributed by atoms with Gasteiger partial charge in [0.2, 0.25) is 0 Å². The molecule has 0 N–H and O–H groups in total. The molecule has 12 heavy (non-hydrogen) atoms. The summed E-state index contributed by atoms with van der Waals surface area (Å²) < 4.78 is 0. The zero-order chi connectivity index (χ0) is 9.41. The van der Waals surface area contributed by atoms with Crippen LogP contribution in [-0.2, 0) is 0 Å². The van der Waals surface area contributed by atoms with Crippen LogP contribution in [0.2, 0.25) is 5.31 Å². The van der Waals surface area contributed by atoms with Crippen molar-refractivity contribution in [2.45, 2.75) is 58.7 Å². The van der Waals surface area contributed by atoms with Crippen LogP contribution >= 0.6 is 0 Å². The molecule has 0 aromatic carbocycles. The molecule has 1 aliphatic carbocycles. The quantitative estimate of drug-likeness (QED) is 0.485. The van der Waals surface area contributed by atoms with Crippen molar-refractivity contribution in [2.24, 2.45) is 11.3 Å². The van der Waals surface area contributed by atoms with E-state index in [1.165, 1.54) is 25.7 Å². The third kappa shape index (κ3) is 2.53. The second kappa shape index (κ2) is 3.08. The van der Waals surface area contributed by atoms with Crippen molar-refractivity contribution in [3.05, 3.63) is 0 Å². The van der Waals surface area contributed by atoms with Crippen LogP contribution in [-0.4, -0.2) is 7.85 Å². The third-order valence-electron chi connectivity index (χ3n) is 3.56. The first kappa shape index (κ1) is 10.1. The summed E-state index contributed by atoms with van der Waals surface area (Å²) in [6.45, 7) is 9.56. The van der Waals surface area contributed by atoms with Crippen molar-refractivity contribution >= 4 is 7.85 Å². The number of hydrogen-bond donors (Lipinski definition) is 0. The van der Waals surface area contributed by atoms with Gasteiger partial charge in [-0.3, -0.25) is 0 Å². The van der Waals surface area contributed by atoms with Crippen LogP contribution in [0, 0.1) is 11.3 Å². The summed E-state index contributed by atoms with van der Waals surface area (Å²) in [7, 11) is 2.41. The zero-order valence-electron chi connectivity index (χ0n) is 9.41. The third-order valence-corrected chi connectivity index (χ3v) is 3.56. The van der Waals surface area contributed by atoms with Crippen molar-refractivity contribution in [3.8, 4) is 0 Å². The van der Waals surface area contributed by atoms with E-state index in [9.17, 15) is 0 Å². The van der Waals surface area contributed by atoms with Crippen LogP contribution in [0.3, 0.4) is 0 Å². The van der Waals surface area contributed by atoms with E-state index in [0.29, 0.717) is 10.7 Å². The highest BCUT2D eigenvalue weighted by atomic mass is 14.4. The summed E-state index contributed by atoms with van der Waals surface area (Å²) in [5.41, 5.74) is 0.538. The van der Waals surface area contributed by atoms with E-state index >= 15 is 0 Å². The lowest BCUT2D eigenvalue weighted by molar-refractivity contribution is 0.161. The lowest BCUT2D eigenvalue weighted by Gasteiger charge is -2.40. The fraction of sp³-hybridized carbons (Fsp3) is 1.00. The maximum atomic E-state index is 2.41. The first-order valence-electron chi connectivity index (χ1n) is 5.31.